The molecule has 0 unspecified atom stereocenters. The quantitative estimate of drug-likeness (QED) is 0.0614. The molecule has 14 nitrogen and oxygen atoms in total. The zero-order chi connectivity index (χ0) is 34.1. The highest BCUT2D eigenvalue weighted by atomic mass is 16.5. The Morgan fingerprint density at radius 3 is 2.04 bits per heavy atom. The first-order chi connectivity index (χ1) is 24.1. The SMILES string of the molecule is CCCCCNC(=O)c1ccc(Nc2nc(NCCOCCOCCNC(=O)c3ccccc3)nc(Nc3ccc4[nH]ncc4c3)n2)cc1. The van der Waals surface area contributed by atoms with Crippen molar-refractivity contribution >= 4 is 51.9 Å². The zero-order valence-corrected chi connectivity index (χ0v) is 27.5. The maximum atomic E-state index is 12.5. The molecule has 0 aliphatic heterocycles. The van der Waals surface area contributed by atoms with Crippen LogP contribution in [0.4, 0.5) is 29.2 Å². The van der Waals surface area contributed by atoms with Crippen LogP contribution in [0.2, 0.25) is 0 Å². The van der Waals surface area contributed by atoms with Crippen LogP contribution in [0.15, 0.2) is 79.0 Å². The van der Waals surface area contributed by atoms with E-state index in [1.54, 1.807) is 30.5 Å². The van der Waals surface area contributed by atoms with Gasteiger partial charge in [0.25, 0.3) is 11.8 Å². The minimum absolute atomic E-state index is 0.100. The molecular weight excluding hydrogens is 624 g/mol. The number of nitrogens with one attached hydrogen (secondary N) is 6. The summed E-state index contributed by atoms with van der Waals surface area (Å²) in [6, 6.07) is 22.0. The molecule has 5 aromatic rings. The first kappa shape index (κ1) is 34.7. The van der Waals surface area contributed by atoms with Crippen molar-refractivity contribution in [3.8, 4) is 0 Å². The highest BCUT2D eigenvalue weighted by molar-refractivity contribution is 5.95. The Bertz CT molecular complexity index is 1770. The lowest BCUT2D eigenvalue weighted by Gasteiger charge is -2.12. The van der Waals surface area contributed by atoms with Crippen LogP contribution in [0, 0.1) is 0 Å². The molecule has 0 aliphatic carbocycles. The van der Waals surface area contributed by atoms with Crippen LogP contribution in [-0.4, -0.2) is 83.0 Å². The molecule has 0 saturated heterocycles. The number of benzene rings is 3. The van der Waals surface area contributed by atoms with Crippen molar-refractivity contribution in [3.05, 3.63) is 90.1 Å². The number of hydrogen-bond donors (Lipinski definition) is 6. The standard InChI is InChI=1S/C35H42N10O4/c1-2-3-7-16-36-32(47)26-10-12-28(13-11-26)40-34-42-33(43-35(44-34)41-29-14-15-30-27(23-29)24-39-45-30)38-18-20-49-22-21-48-19-17-37-31(46)25-8-5-4-6-9-25/h4-6,8-15,23-24H,2-3,7,16-22H2,1H3,(H,36,47)(H,37,46)(H,39,45)(H3,38,40,41,42,43,44). The number of anilines is 5. The van der Waals surface area contributed by atoms with Crippen LogP contribution in [0.3, 0.4) is 0 Å². The number of aromatic amines is 1. The highest BCUT2D eigenvalue weighted by Crippen LogP contribution is 2.22. The van der Waals surface area contributed by atoms with Gasteiger partial charge in [-0.25, -0.2) is 0 Å². The smallest absolute Gasteiger partial charge is 0.251 e. The number of carbonyl (C=O) groups is 2. The molecular formula is C35H42N10O4. The average molecular weight is 667 g/mol. The second-order valence-electron chi connectivity index (χ2n) is 11.0. The summed E-state index contributed by atoms with van der Waals surface area (Å²) in [4.78, 5) is 38.2. The average Bonchev–Trinajstić information content (AvgIpc) is 3.59. The van der Waals surface area contributed by atoms with Gasteiger partial charge in [-0.1, -0.05) is 38.0 Å². The molecule has 0 saturated carbocycles. The van der Waals surface area contributed by atoms with E-state index < -0.39 is 0 Å². The van der Waals surface area contributed by atoms with Gasteiger partial charge in [0.1, 0.15) is 0 Å². The van der Waals surface area contributed by atoms with Gasteiger partial charge in [0, 0.05) is 47.5 Å². The Balaban J connectivity index is 1.11. The highest BCUT2D eigenvalue weighted by Gasteiger charge is 2.10. The van der Waals surface area contributed by atoms with Crippen molar-refractivity contribution < 1.29 is 19.1 Å². The lowest BCUT2D eigenvalue weighted by atomic mass is 10.2. The largest absolute Gasteiger partial charge is 0.377 e. The fraction of sp³-hybridized carbons (Fsp3) is 0.314. The number of rotatable bonds is 20. The van der Waals surface area contributed by atoms with E-state index in [1.165, 1.54) is 0 Å². The lowest BCUT2D eigenvalue weighted by molar-refractivity contribution is 0.0519. The summed E-state index contributed by atoms with van der Waals surface area (Å²) in [6.07, 6.45) is 4.90. The van der Waals surface area contributed by atoms with Gasteiger partial charge in [0.05, 0.1) is 38.1 Å². The number of carbonyl (C=O) groups excluding carboxylic acids is 2. The van der Waals surface area contributed by atoms with E-state index in [-0.39, 0.29) is 11.8 Å². The summed E-state index contributed by atoms with van der Waals surface area (Å²) in [5.41, 5.74) is 3.62. The van der Waals surface area contributed by atoms with Gasteiger partial charge in [-0.3, -0.25) is 14.7 Å². The Morgan fingerprint density at radius 1 is 0.673 bits per heavy atom. The molecule has 0 spiro atoms. The molecule has 14 heteroatoms. The van der Waals surface area contributed by atoms with Gasteiger partial charge in [0.15, 0.2) is 0 Å². The van der Waals surface area contributed by atoms with Crippen LogP contribution in [0.25, 0.3) is 10.9 Å². The zero-order valence-electron chi connectivity index (χ0n) is 27.5. The Morgan fingerprint density at radius 2 is 1.31 bits per heavy atom. The van der Waals surface area contributed by atoms with Crippen LogP contribution < -0.4 is 26.6 Å². The summed E-state index contributed by atoms with van der Waals surface area (Å²) in [7, 11) is 0. The normalized spacial score (nSPS) is 10.9. The second kappa shape index (κ2) is 18.7. The van der Waals surface area contributed by atoms with Crippen LogP contribution in [0.5, 0.6) is 0 Å². The summed E-state index contributed by atoms with van der Waals surface area (Å²) in [6.45, 7) is 5.22. The van der Waals surface area contributed by atoms with E-state index in [4.69, 9.17) is 9.47 Å². The van der Waals surface area contributed by atoms with Gasteiger partial charge >= 0.3 is 0 Å². The molecule has 2 heterocycles. The molecule has 2 amide bonds. The van der Waals surface area contributed by atoms with E-state index in [0.717, 1.165) is 35.9 Å². The minimum Gasteiger partial charge on any atom is -0.377 e. The predicted octanol–water partition coefficient (Wildman–Crippen LogP) is 5.03. The molecule has 6 N–H and O–H groups in total. The van der Waals surface area contributed by atoms with Gasteiger partial charge in [-0.05, 0) is 61.0 Å². The molecule has 3 aromatic carbocycles. The van der Waals surface area contributed by atoms with E-state index >= 15 is 0 Å². The third kappa shape index (κ3) is 11.3. The summed E-state index contributed by atoms with van der Waals surface area (Å²) in [5.74, 6) is 0.767. The number of H-pyrrole nitrogens is 1. The number of unbranched alkanes of at least 4 members (excludes halogenated alkanes) is 2. The Labute approximate surface area is 284 Å². The third-order valence-corrected chi connectivity index (χ3v) is 7.27. The van der Waals surface area contributed by atoms with E-state index in [2.05, 4.69) is 58.7 Å². The molecule has 0 atom stereocenters. The number of hydrogen-bond acceptors (Lipinski definition) is 11. The monoisotopic (exact) mass is 666 g/mol. The van der Waals surface area contributed by atoms with E-state index in [1.807, 2.05) is 48.5 Å². The molecule has 256 valence electrons. The number of fused-ring (bicyclic) bond motifs is 1. The predicted molar refractivity (Wildman–Crippen MR) is 190 cm³/mol. The van der Waals surface area contributed by atoms with E-state index in [9.17, 15) is 9.59 Å². The maximum Gasteiger partial charge on any atom is 0.251 e. The molecule has 0 radical (unpaired) electrons. The molecule has 2 aromatic heterocycles. The number of ether oxygens (including phenoxy) is 2. The molecule has 0 aliphatic rings. The second-order valence-corrected chi connectivity index (χ2v) is 11.0. The van der Waals surface area contributed by atoms with Crippen LogP contribution in [0.1, 0.15) is 46.9 Å². The summed E-state index contributed by atoms with van der Waals surface area (Å²) in [5, 5.41) is 23.4. The number of aromatic nitrogens is 5. The van der Waals surface area contributed by atoms with Crippen molar-refractivity contribution in [2.45, 2.75) is 26.2 Å². The first-order valence-corrected chi connectivity index (χ1v) is 16.4. The van der Waals surface area contributed by atoms with Crippen molar-refractivity contribution in [1.82, 2.24) is 35.8 Å². The Hall–Kier alpha value is -5.60. The lowest BCUT2D eigenvalue weighted by Crippen LogP contribution is -2.27. The van der Waals surface area contributed by atoms with Crippen molar-refractivity contribution in [2.75, 3.05) is 62.0 Å². The van der Waals surface area contributed by atoms with Crippen LogP contribution >= 0.6 is 0 Å². The third-order valence-electron chi connectivity index (χ3n) is 7.27. The van der Waals surface area contributed by atoms with Gasteiger partial charge in [-0.2, -0.15) is 20.1 Å². The van der Waals surface area contributed by atoms with Crippen molar-refractivity contribution in [1.29, 1.82) is 0 Å². The topological polar surface area (TPSA) is 180 Å². The fourth-order valence-corrected chi connectivity index (χ4v) is 4.71. The Kier molecular flexibility index (Phi) is 13.2. The number of amides is 2. The van der Waals surface area contributed by atoms with Crippen LogP contribution in [-0.2, 0) is 9.47 Å². The van der Waals surface area contributed by atoms with Crippen molar-refractivity contribution in [3.63, 3.8) is 0 Å². The molecule has 0 fully saturated rings. The molecule has 49 heavy (non-hydrogen) atoms. The van der Waals surface area contributed by atoms with Gasteiger partial charge < -0.3 is 36.1 Å². The minimum atomic E-state index is -0.129. The summed E-state index contributed by atoms with van der Waals surface area (Å²) < 4.78 is 11.2. The molecule has 5 rings (SSSR count). The van der Waals surface area contributed by atoms with Crippen molar-refractivity contribution in [2.24, 2.45) is 0 Å². The fourth-order valence-electron chi connectivity index (χ4n) is 4.71. The van der Waals surface area contributed by atoms with Gasteiger partial charge in [0.2, 0.25) is 17.8 Å². The summed E-state index contributed by atoms with van der Waals surface area (Å²) >= 11 is 0. The maximum absolute atomic E-state index is 12.5. The molecule has 0 bridgehead atoms. The number of nitrogens with zero attached hydrogens (tertiary/aromatic N) is 4. The van der Waals surface area contributed by atoms with E-state index in [0.29, 0.717) is 80.7 Å². The first-order valence-electron chi connectivity index (χ1n) is 16.4. The van der Waals surface area contributed by atoms with Gasteiger partial charge in [-0.15, -0.1) is 0 Å².